The molecule has 1 unspecified atom stereocenters. The number of hydrogen-bond donors (Lipinski definition) is 1. The van der Waals surface area contributed by atoms with Crippen molar-refractivity contribution in [2.45, 2.75) is 25.8 Å². The number of halogens is 1. The van der Waals surface area contributed by atoms with Crippen LogP contribution in [0.4, 0.5) is 5.69 Å². The summed E-state index contributed by atoms with van der Waals surface area (Å²) in [5, 5.41) is 0. The van der Waals surface area contributed by atoms with Gasteiger partial charge in [-0.3, -0.25) is 0 Å². The van der Waals surface area contributed by atoms with Crippen LogP contribution in [0.25, 0.3) is 0 Å². The van der Waals surface area contributed by atoms with Gasteiger partial charge in [-0.2, -0.15) is 0 Å². The van der Waals surface area contributed by atoms with E-state index in [4.69, 9.17) is 5.73 Å². The Bertz CT molecular complexity index is 314. The van der Waals surface area contributed by atoms with Crippen LogP contribution in [-0.4, -0.2) is 19.1 Å². The molecule has 0 spiro atoms. The molecule has 84 valence electrons. The molecule has 1 heterocycles. The summed E-state index contributed by atoms with van der Waals surface area (Å²) < 4.78 is 0. The molecule has 1 atom stereocenters. The fraction of sp³-hybridized carbons (Fsp3) is 0.500. The number of benzene rings is 1. The Balaban J connectivity index is 0.00000112. The van der Waals surface area contributed by atoms with E-state index in [1.54, 1.807) is 0 Å². The second-order valence-corrected chi connectivity index (χ2v) is 4.06. The summed E-state index contributed by atoms with van der Waals surface area (Å²) in [5.41, 5.74) is 8.41. The van der Waals surface area contributed by atoms with Crippen LogP contribution in [0.15, 0.2) is 24.3 Å². The van der Waals surface area contributed by atoms with Gasteiger partial charge in [-0.1, -0.05) is 12.1 Å². The van der Waals surface area contributed by atoms with Crippen LogP contribution in [-0.2, 0) is 0 Å². The molecule has 1 aliphatic rings. The first kappa shape index (κ1) is 12.3. The van der Waals surface area contributed by atoms with Crippen molar-refractivity contribution in [3.63, 3.8) is 0 Å². The van der Waals surface area contributed by atoms with Gasteiger partial charge in [0.05, 0.1) is 0 Å². The molecule has 2 N–H and O–H groups in total. The topological polar surface area (TPSA) is 29.3 Å². The van der Waals surface area contributed by atoms with Crippen molar-refractivity contribution in [3.05, 3.63) is 29.8 Å². The van der Waals surface area contributed by atoms with Crippen LogP contribution < -0.4 is 10.6 Å². The van der Waals surface area contributed by atoms with Crippen molar-refractivity contribution in [1.29, 1.82) is 0 Å². The zero-order valence-electron chi connectivity index (χ0n) is 9.15. The van der Waals surface area contributed by atoms with E-state index in [1.807, 2.05) is 0 Å². The average molecular weight is 227 g/mol. The smallest absolute Gasteiger partial charge is 0.0412 e. The van der Waals surface area contributed by atoms with Crippen LogP contribution in [0.2, 0.25) is 0 Å². The molecule has 0 bridgehead atoms. The van der Waals surface area contributed by atoms with Crippen LogP contribution in [0.5, 0.6) is 0 Å². The van der Waals surface area contributed by atoms with Gasteiger partial charge in [0, 0.05) is 24.8 Å². The highest BCUT2D eigenvalue weighted by molar-refractivity contribution is 5.85. The highest BCUT2D eigenvalue weighted by Gasteiger charge is 2.22. The van der Waals surface area contributed by atoms with E-state index in [9.17, 15) is 0 Å². The van der Waals surface area contributed by atoms with Gasteiger partial charge in [-0.05, 0) is 37.5 Å². The molecular formula is C12H19ClN2. The third-order valence-electron chi connectivity index (χ3n) is 2.98. The van der Waals surface area contributed by atoms with Crippen LogP contribution in [0.1, 0.15) is 18.4 Å². The molecule has 0 aliphatic carbocycles. The number of nitrogens with two attached hydrogens (primary N) is 1. The first-order chi connectivity index (χ1) is 6.81. The van der Waals surface area contributed by atoms with Gasteiger partial charge >= 0.3 is 0 Å². The molecule has 0 radical (unpaired) electrons. The number of aryl methyl sites for hydroxylation is 1. The molecule has 1 aliphatic heterocycles. The predicted molar refractivity (Wildman–Crippen MR) is 67.8 cm³/mol. The van der Waals surface area contributed by atoms with Crippen LogP contribution >= 0.6 is 12.4 Å². The van der Waals surface area contributed by atoms with Crippen molar-refractivity contribution in [3.8, 4) is 0 Å². The Morgan fingerprint density at radius 2 is 2.27 bits per heavy atom. The second-order valence-electron chi connectivity index (χ2n) is 4.06. The van der Waals surface area contributed by atoms with E-state index in [2.05, 4.69) is 36.1 Å². The molecule has 1 aromatic rings. The van der Waals surface area contributed by atoms with Crippen LogP contribution in [0, 0.1) is 6.92 Å². The zero-order chi connectivity index (χ0) is 9.97. The van der Waals surface area contributed by atoms with Gasteiger partial charge in [0.15, 0.2) is 0 Å². The van der Waals surface area contributed by atoms with Gasteiger partial charge in [0.1, 0.15) is 0 Å². The fourth-order valence-electron chi connectivity index (χ4n) is 2.23. The molecule has 3 heteroatoms. The van der Waals surface area contributed by atoms with Gasteiger partial charge in [0.25, 0.3) is 0 Å². The Morgan fingerprint density at radius 3 is 2.93 bits per heavy atom. The Hall–Kier alpha value is -0.730. The fourth-order valence-corrected chi connectivity index (χ4v) is 2.23. The molecule has 1 saturated heterocycles. The first-order valence-corrected chi connectivity index (χ1v) is 5.34. The quantitative estimate of drug-likeness (QED) is 0.839. The van der Waals surface area contributed by atoms with E-state index >= 15 is 0 Å². The summed E-state index contributed by atoms with van der Waals surface area (Å²) in [4.78, 5) is 2.44. The normalized spacial score (nSPS) is 20.1. The average Bonchev–Trinajstić information content (AvgIpc) is 2.65. The molecule has 2 nitrogen and oxygen atoms in total. The maximum atomic E-state index is 5.76. The lowest BCUT2D eigenvalue weighted by atomic mass is 10.2. The highest BCUT2D eigenvalue weighted by Crippen LogP contribution is 2.25. The summed E-state index contributed by atoms with van der Waals surface area (Å²) in [6.45, 7) is 4.07. The summed E-state index contributed by atoms with van der Waals surface area (Å²) in [6.07, 6.45) is 2.51. The predicted octanol–water partition coefficient (Wildman–Crippen LogP) is 2.34. The maximum Gasteiger partial charge on any atom is 0.0412 e. The van der Waals surface area contributed by atoms with E-state index in [0.29, 0.717) is 6.04 Å². The number of rotatable bonds is 2. The minimum Gasteiger partial charge on any atom is -0.367 e. The van der Waals surface area contributed by atoms with Crippen molar-refractivity contribution in [1.82, 2.24) is 0 Å². The van der Waals surface area contributed by atoms with E-state index in [-0.39, 0.29) is 12.4 Å². The maximum absolute atomic E-state index is 5.76. The van der Waals surface area contributed by atoms with Crippen molar-refractivity contribution >= 4 is 18.1 Å². The third-order valence-corrected chi connectivity index (χ3v) is 2.98. The van der Waals surface area contributed by atoms with Crippen LogP contribution in [0.3, 0.4) is 0 Å². The number of anilines is 1. The monoisotopic (exact) mass is 226 g/mol. The van der Waals surface area contributed by atoms with Crippen molar-refractivity contribution < 1.29 is 0 Å². The molecule has 1 fully saturated rings. The summed E-state index contributed by atoms with van der Waals surface area (Å²) >= 11 is 0. The van der Waals surface area contributed by atoms with E-state index in [0.717, 1.165) is 13.1 Å². The van der Waals surface area contributed by atoms with Crippen molar-refractivity contribution in [2.24, 2.45) is 5.73 Å². The summed E-state index contributed by atoms with van der Waals surface area (Å²) in [7, 11) is 0. The van der Waals surface area contributed by atoms with E-state index < -0.39 is 0 Å². The minimum absolute atomic E-state index is 0. The molecule has 15 heavy (non-hydrogen) atoms. The second kappa shape index (κ2) is 5.38. The largest absolute Gasteiger partial charge is 0.367 e. The van der Waals surface area contributed by atoms with Gasteiger partial charge in [-0.15, -0.1) is 12.4 Å². The molecular weight excluding hydrogens is 208 g/mol. The first-order valence-electron chi connectivity index (χ1n) is 5.34. The Morgan fingerprint density at radius 1 is 1.47 bits per heavy atom. The molecule has 0 saturated carbocycles. The Labute approximate surface area is 97.9 Å². The van der Waals surface area contributed by atoms with E-state index in [1.165, 1.54) is 24.1 Å². The molecule has 0 aromatic heterocycles. The molecule has 2 rings (SSSR count). The lowest BCUT2D eigenvalue weighted by Crippen LogP contribution is -2.35. The summed E-state index contributed by atoms with van der Waals surface area (Å²) in [6, 6.07) is 9.24. The summed E-state index contributed by atoms with van der Waals surface area (Å²) in [5.74, 6) is 0. The minimum atomic E-state index is 0. The number of hydrogen-bond acceptors (Lipinski definition) is 2. The van der Waals surface area contributed by atoms with Gasteiger partial charge < -0.3 is 10.6 Å². The highest BCUT2D eigenvalue weighted by atomic mass is 35.5. The zero-order valence-corrected chi connectivity index (χ0v) is 9.96. The number of nitrogens with zero attached hydrogens (tertiary/aromatic N) is 1. The SMILES string of the molecule is Cc1cccc(N2CCCC2CN)c1.Cl. The van der Waals surface area contributed by atoms with Gasteiger partial charge in [0.2, 0.25) is 0 Å². The molecule has 1 aromatic carbocycles. The van der Waals surface area contributed by atoms with Gasteiger partial charge in [-0.25, -0.2) is 0 Å². The van der Waals surface area contributed by atoms with Crippen molar-refractivity contribution in [2.75, 3.05) is 18.0 Å². The lowest BCUT2D eigenvalue weighted by Gasteiger charge is -2.25. The third kappa shape index (κ3) is 2.64. The lowest BCUT2D eigenvalue weighted by molar-refractivity contribution is 0.677. The Kier molecular flexibility index (Phi) is 4.43. The standard InChI is InChI=1S/C12H18N2.ClH/c1-10-4-2-5-11(8-10)14-7-3-6-12(14)9-13;/h2,4-5,8,12H,3,6-7,9,13H2,1H3;1H. The molecule has 0 amide bonds.